The fourth-order valence-corrected chi connectivity index (χ4v) is 1.67. The summed E-state index contributed by atoms with van der Waals surface area (Å²) in [4.78, 5) is 4.37. The lowest BCUT2D eigenvalue weighted by Gasteiger charge is -2.07. The van der Waals surface area contributed by atoms with Gasteiger partial charge in [-0.05, 0) is 24.1 Å². The number of benzene rings is 1. The molecular weight excluding hydrogens is 188 g/mol. The summed E-state index contributed by atoms with van der Waals surface area (Å²) >= 11 is 0. The molecule has 0 spiro atoms. The normalized spacial score (nSPS) is 14.9. The summed E-state index contributed by atoms with van der Waals surface area (Å²) in [5, 5.41) is 3.34. The lowest BCUT2D eigenvalue weighted by molar-refractivity contribution is 0.414. The van der Waals surface area contributed by atoms with Crippen LogP contribution in [0.1, 0.15) is 18.4 Å². The topological polar surface area (TPSA) is 33.6 Å². The largest absolute Gasteiger partial charge is 0.497 e. The van der Waals surface area contributed by atoms with Gasteiger partial charge in [-0.3, -0.25) is 4.99 Å². The molecular formula is C12H16N2O. The van der Waals surface area contributed by atoms with E-state index < -0.39 is 0 Å². The summed E-state index contributed by atoms with van der Waals surface area (Å²) in [6, 6.07) is 8.09. The molecule has 0 aliphatic carbocycles. The second kappa shape index (κ2) is 4.82. The van der Waals surface area contributed by atoms with Gasteiger partial charge in [0.05, 0.1) is 12.9 Å². The smallest absolute Gasteiger partial charge is 0.119 e. The summed E-state index contributed by atoms with van der Waals surface area (Å²) in [5.41, 5.74) is 1.23. The molecule has 0 bridgehead atoms. The minimum atomic E-state index is 0.829. The van der Waals surface area contributed by atoms with E-state index in [1.807, 2.05) is 18.2 Å². The van der Waals surface area contributed by atoms with Crippen LogP contribution in [0.3, 0.4) is 0 Å². The molecule has 3 nitrogen and oxygen atoms in total. The maximum absolute atomic E-state index is 5.17. The molecule has 1 aromatic rings. The third-order valence-corrected chi connectivity index (χ3v) is 2.51. The summed E-state index contributed by atoms with van der Waals surface area (Å²) in [5.74, 6) is 2.04. The van der Waals surface area contributed by atoms with Gasteiger partial charge in [0.15, 0.2) is 0 Å². The molecule has 1 aromatic carbocycles. The minimum Gasteiger partial charge on any atom is -0.497 e. The van der Waals surface area contributed by atoms with E-state index in [1.54, 1.807) is 7.11 Å². The SMILES string of the molecule is COc1cccc(CNC2=NCCC2)c1. The predicted octanol–water partition coefficient (Wildman–Crippen LogP) is 1.98. The molecule has 1 aliphatic heterocycles. The van der Waals surface area contributed by atoms with Crippen molar-refractivity contribution in [2.24, 2.45) is 4.99 Å². The molecule has 0 aromatic heterocycles. The molecule has 3 heteroatoms. The van der Waals surface area contributed by atoms with Crippen LogP contribution in [0.4, 0.5) is 0 Å². The summed E-state index contributed by atoms with van der Waals surface area (Å²) in [7, 11) is 1.69. The molecule has 0 saturated carbocycles. The Balaban J connectivity index is 1.92. The quantitative estimate of drug-likeness (QED) is 0.816. The first-order valence-corrected chi connectivity index (χ1v) is 5.28. The van der Waals surface area contributed by atoms with Crippen LogP contribution in [0, 0.1) is 0 Å². The van der Waals surface area contributed by atoms with Gasteiger partial charge in [0.2, 0.25) is 0 Å². The van der Waals surface area contributed by atoms with Crippen molar-refractivity contribution < 1.29 is 4.74 Å². The number of rotatable bonds is 3. The molecule has 0 unspecified atom stereocenters. The number of hydrogen-bond acceptors (Lipinski definition) is 3. The molecule has 1 heterocycles. The first kappa shape index (κ1) is 10.0. The zero-order valence-corrected chi connectivity index (χ0v) is 8.99. The third kappa shape index (κ3) is 2.72. The van der Waals surface area contributed by atoms with E-state index in [2.05, 4.69) is 16.4 Å². The van der Waals surface area contributed by atoms with Crippen molar-refractivity contribution in [3.8, 4) is 5.75 Å². The molecule has 0 saturated heterocycles. The van der Waals surface area contributed by atoms with Gasteiger partial charge in [-0.25, -0.2) is 0 Å². The molecule has 2 rings (SSSR count). The Morgan fingerprint density at radius 3 is 3.13 bits per heavy atom. The van der Waals surface area contributed by atoms with Crippen LogP contribution in [0.5, 0.6) is 5.75 Å². The van der Waals surface area contributed by atoms with Gasteiger partial charge in [0.1, 0.15) is 5.75 Å². The van der Waals surface area contributed by atoms with E-state index in [0.29, 0.717) is 0 Å². The van der Waals surface area contributed by atoms with Crippen LogP contribution in [0.2, 0.25) is 0 Å². The average Bonchev–Trinajstić information content (AvgIpc) is 2.79. The van der Waals surface area contributed by atoms with Crippen LogP contribution in [0.15, 0.2) is 29.3 Å². The van der Waals surface area contributed by atoms with E-state index >= 15 is 0 Å². The van der Waals surface area contributed by atoms with Crippen LogP contribution in [-0.4, -0.2) is 19.5 Å². The van der Waals surface area contributed by atoms with Crippen molar-refractivity contribution in [3.05, 3.63) is 29.8 Å². The van der Waals surface area contributed by atoms with E-state index in [1.165, 1.54) is 12.0 Å². The van der Waals surface area contributed by atoms with Gasteiger partial charge < -0.3 is 10.1 Å². The zero-order chi connectivity index (χ0) is 10.5. The minimum absolute atomic E-state index is 0.829. The lowest BCUT2D eigenvalue weighted by Crippen LogP contribution is -2.20. The number of methoxy groups -OCH3 is 1. The van der Waals surface area contributed by atoms with Gasteiger partial charge in [-0.2, -0.15) is 0 Å². The van der Waals surface area contributed by atoms with Gasteiger partial charge in [-0.15, -0.1) is 0 Å². The molecule has 1 N–H and O–H groups in total. The number of amidine groups is 1. The highest BCUT2D eigenvalue weighted by molar-refractivity contribution is 5.83. The first-order valence-electron chi connectivity index (χ1n) is 5.28. The fraction of sp³-hybridized carbons (Fsp3) is 0.417. The van der Waals surface area contributed by atoms with Crippen molar-refractivity contribution in [2.75, 3.05) is 13.7 Å². The summed E-state index contributed by atoms with van der Waals surface area (Å²) in [6.07, 6.45) is 2.27. The Bertz CT molecular complexity index is 360. The number of nitrogens with zero attached hydrogens (tertiary/aromatic N) is 1. The van der Waals surface area contributed by atoms with Crippen LogP contribution in [-0.2, 0) is 6.54 Å². The second-order valence-electron chi connectivity index (χ2n) is 3.64. The van der Waals surface area contributed by atoms with Crippen molar-refractivity contribution in [1.29, 1.82) is 0 Å². The first-order chi connectivity index (χ1) is 7.38. The van der Waals surface area contributed by atoms with Crippen LogP contribution in [0.25, 0.3) is 0 Å². The molecule has 0 radical (unpaired) electrons. The second-order valence-corrected chi connectivity index (χ2v) is 3.64. The molecule has 0 atom stereocenters. The van der Waals surface area contributed by atoms with Crippen molar-refractivity contribution in [3.63, 3.8) is 0 Å². The highest BCUT2D eigenvalue weighted by Crippen LogP contribution is 2.12. The van der Waals surface area contributed by atoms with Gasteiger partial charge in [-0.1, -0.05) is 12.1 Å². The molecule has 1 aliphatic rings. The van der Waals surface area contributed by atoms with Crippen molar-refractivity contribution in [1.82, 2.24) is 5.32 Å². The van der Waals surface area contributed by atoms with E-state index in [9.17, 15) is 0 Å². The van der Waals surface area contributed by atoms with E-state index in [0.717, 1.165) is 31.1 Å². The standard InChI is InChI=1S/C12H16N2O/c1-15-11-5-2-4-10(8-11)9-14-12-6-3-7-13-12/h2,4-5,8H,3,6-7,9H2,1H3,(H,13,14). The zero-order valence-electron chi connectivity index (χ0n) is 8.99. The number of ether oxygens (including phenoxy) is 1. The predicted molar refractivity (Wildman–Crippen MR) is 61.4 cm³/mol. The van der Waals surface area contributed by atoms with Gasteiger partial charge in [0.25, 0.3) is 0 Å². The molecule has 80 valence electrons. The van der Waals surface area contributed by atoms with Gasteiger partial charge in [0, 0.05) is 19.5 Å². The Morgan fingerprint density at radius 1 is 1.47 bits per heavy atom. The summed E-state index contributed by atoms with van der Waals surface area (Å²) in [6.45, 7) is 1.80. The van der Waals surface area contributed by atoms with E-state index in [4.69, 9.17) is 4.74 Å². The maximum atomic E-state index is 5.17. The number of aliphatic imine (C=N–C) groups is 1. The summed E-state index contributed by atoms with van der Waals surface area (Å²) < 4.78 is 5.17. The van der Waals surface area contributed by atoms with Crippen LogP contribution >= 0.6 is 0 Å². The Morgan fingerprint density at radius 2 is 2.40 bits per heavy atom. The Hall–Kier alpha value is -1.51. The molecule has 15 heavy (non-hydrogen) atoms. The van der Waals surface area contributed by atoms with Gasteiger partial charge >= 0.3 is 0 Å². The Kier molecular flexibility index (Phi) is 3.22. The average molecular weight is 204 g/mol. The van der Waals surface area contributed by atoms with Crippen molar-refractivity contribution in [2.45, 2.75) is 19.4 Å². The fourth-order valence-electron chi connectivity index (χ4n) is 1.67. The Labute approximate surface area is 90.2 Å². The third-order valence-electron chi connectivity index (χ3n) is 2.51. The molecule has 0 fully saturated rings. The lowest BCUT2D eigenvalue weighted by atomic mass is 10.2. The number of hydrogen-bond donors (Lipinski definition) is 1. The monoisotopic (exact) mass is 204 g/mol. The van der Waals surface area contributed by atoms with Crippen LogP contribution < -0.4 is 10.1 Å². The highest BCUT2D eigenvalue weighted by atomic mass is 16.5. The van der Waals surface area contributed by atoms with E-state index in [-0.39, 0.29) is 0 Å². The maximum Gasteiger partial charge on any atom is 0.119 e. The van der Waals surface area contributed by atoms with Crippen molar-refractivity contribution >= 4 is 5.84 Å². The number of nitrogens with one attached hydrogen (secondary N) is 1. The molecule has 0 amide bonds. The highest BCUT2D eigenvalue weighted by Gasteiger charge is 2.05.